The third kappa shape index (κ3) is 5.70. The molecule has 0 saturated carbocycles. The van der Waals surface area contributed by atoms with Gasteiger partial charge >= 0.3 is 6.18 Å². The quantitative estimate of drug-likeness (QED) is 0.489. The standard InChI is InChI=1S/C22H24F3N5O2S/c23-22(24,25)21-29-18(13-33-21)20(32)30-9-5-14(6-10-30)3-1-2-7-27-19(31)17-11-15-12-26-8-4-16(15)28-17/h4,8,11-14,28H,1-3,5-7,9-10H2,(H,27,31). The summed E-state index contributed by atoms with van der Waals surface area (Å²) in [5.41, 5.74) is 1.25. The average molecular weight is 480 g/mol. The fourth-order valence-electron chi connectivity index (χ4n) is 4.04. The number of alkyl halides is 3. The van der Waals surface area contributed by atoms with Crippen molar-refractivity contribution in [2.24, 2.45) is 5.92 Å². The zero-order valence-corrected chi connectivity index (χ0v) is 18.6. The first-order valence-corrected chi connectivity index (χ1v) is 11.7. The number of unbranched alkanes of at least 4 members (excludes halogenated alkanes) is 1. The number of thiazole rings is 1. The molecule has 3 aromatic rings. The van der Waals surface area contributed by atoms with E-state index >= 15 is 0 Å². The van der Waals surface area contributed by atoms with Crippen LogP contribution in [0.25, 0.3) is 10.9 Å². The molecule has 4 rings (SSSR count). The summed E-state index contributed by atoms with van der Waals surface area (Å²) in [6, 6.07) is 3.60. The van der Waals surface area contributed by atoms with E-state index in [2.05, 4.69) is 20.3 Å². The molecular formula is C22H24F3N5O2S. The predicted molar refractivity (Wildman–Crippen MR) is 118 cm³/mol. The van der Waals surface area contributed by atoms with Gasteiger partial charge in [-0.25, -0.2) is 4.98 Å². The molecule has 3 aromatic heterocycles. The summed E-state index contributed by atoms with van der Waals surface area (Å²) in [6.45, 7) is 1.62. The highest BCUT2D eigenvalue weighted by Gasteiger charge is 2.36. The Morgan fingerprint density at radius 2 is 2.03 bits per heavy atom. The Kier molecular flexibility index (Phi) is 6.96. The largest absolute Gasteiger partial charge is 0.443 e. The second-order valence-electron chi connectivity index (χ2n) is 8.17. The highest BCUT2D eigenvalue weighted by atomic mass is 32.1. The number of amides is 2. The number of carbonyl (C=O) groups is 2. The number of nitrogens with one attached hydrogen (secondary N) is 2. The van der Waals surface area contributed by atoms with Gasteiger partial charge < -0.3 is 15.2 Å². The van der Waals surface area contributed by atoms with Crippen molar-refractivity contribution in [1.82, 2.24) is 25.2 Å². The van der Waals surface area contributed by atoms with Crippen molar-refractivity contribution in [3.8, 4) is 0 Å². The maximum Gasteiger partial charge on any atom is 0.443 e. The minimum atomic E-state index is -4.53. The molecule has 0 atom stereocenters. The topological polar surface area (TPSA) is 91.0 Å². The monoisotopic (exact) mass is 479 g/mol. The molecule has 1 aliphatic rings. The lowest BCUT2D eigenvalue weighted by Gasteiger charge is -2.31. The van der Waals surface area contributed by atoms with E-state index in [0.717, 1.165) is 43.0 Å². The molecule has 0 radical (unpaired) electrons. The highest BCUT2D eigenvalue weighted by Crippen LogP contribution is 2.32. The molecule has 0 aromatic carbocycles. The molecule has 4 heterocycles. The van der Waals surface area contributed by atoms with Crippen molar-refractivity contribution in [1.29, 1.82) is 0 Å². The Morgan fingerprint density at radius 3 is 2.73 bits per heavy atom. The summed E-state index contributed by atoms with van der Waals surface area (Å²) < 4.78 is 38.1. The summed E-state index contributed by atoms with van der Waals surface area (Å²) in [5, 5.41) is 4.00. The number of likely N-dealkylation sites (tertiary alicyclic amines) is 1. The summed E-state index contributed by atoms with van der Waals surface area (Å²) in [5.74, 6) is -0.114. The van der Waals surface area contributed by atoms with E-state index in [9.17, 15) is 22.8 Å². The van der Waals surface area contributed by atoms with Crippen LogP contribution < -0.4 is 5.32 Å². The van der Waals surface area contributed by atoms with Crippen molar-refractivity contribution < 1.29 is 22.8 Å². The number of hydrogen-bond donors (Lipinski definition) is 2. The summed E-state index contributed by atoms with van der Waals surface area (Å²) in [7, 11) is 0. The molecule has 33 heavy (non-hydrogen) atoms. The lowest BCUT2D eigenvalue weighted by atomic mass is 9.91. The van der Waals surface area contributed by atoms with Crippen LogP contribution >= 0.6 is 11.3 Å². The number of hydrogen-bond acceptors (Lipinski definition) is 5. The normalized spacial score (nSPS) is 15.2. The number of pyridine rings is 1. The molecule has 1 fully saturated rings. The molecule has 1 saturated heterocycles. The Bertz CT molecular complexity index is 1090. The van der Waals surface area contributed by atoms with Gasteiger partial charge in [-0.15, -0.1) is 11.3 Å². The Hall–Kier alpha value is -2.95. The fraction of sp³-hybridized carbons (Fsp3) is 0.455. The molecule has 176 valence electrons. The molecule has 0 bridgehead atoms. The lowest BCUT2D eigenvalue weighted by molar-refractivity contribution is -0.137. The van der Waals surface area contributed by atoms with Crippen LogP contribution in [-0.2, 0) is 6.18 Å². The SMILES string of the molecule is O=C(NCCCCC1CCN(C(=O)c2csc(C(F)(F)F)n2)CC1)c1cc2cnccc2[nH]1. The maximum atomic E-state index is 12.7. The molecule has 7 nitrogen and oxygen atoms in total. The fourth-order valence-corrected chi connectivity index (χ4v) is 4.70. The van der Waals surface area contributed by atoms with Crippen LogP contribution in [0.2, 0.25) is 0 Å². The summed E-state index contributed by atoms with van der Waals surface area (Å²) in [4.78, 5) is 36.9. The molecule has 2 amide bonds. The van der Waals surface area contributed by atoms with Crippen LogP contribution in [0.3, 0.4) is 0 Å². The minimum absolute atomic E-state index is 0.132. The van der Waals surface area contributed by atoms with Crippen molar-refractivity contribution in [2.45, 2.75) is 38.3 Å². The second-order valence-corrected chi connectivity index (χ2v) is 9.03. The van der Waals surface area contributed by atoms with E-state index in [4.69, 9.17) is 0 Å². The molecule has 0 aliphatic carbocycles. The first kappa shape index (κ1) is 23.2. The van der Waals surface area contributed by atoms with Crippen LogP contribution in [-0.4, -0.2) is 51.3 Å². The zero-order chi connectivity index (χ0) is 23.4. The smallest absolute Gasteiger partial charge is 0.351 e. The van der Waals surface area contributed by atoms with E-state index in [1.54, 1.807) is 23.4 Å². The van der Waals surface area contributed by atoms with Gasteiger partial charge in [-0.2, -0.15) is 13.2 Å². The Morgan fingerprint density at radius 1 is 1.24 bits per heavy atom. The van der Waals surface area contributed by atoms with Crippen LogP contribution in [0.1, 0.15) is 58.1 Å². The van der Waals surface area contributed by atoms with Gasteiger partial charge in [0, 0.05) is 48.3 Å². The van der Waals surface area contributed by atoms with Crippen LogP contribution in [0.4, 0.5) is 13.2 Å². The number of fused-ring (bicyclic) bond motifs is 1. The van der Waals surface area contributed by atoms with Crippen LogP contribution in [0, 0.1) is 5.92 Å². The first-order chi connectivity index (χ1) is 15.8. The number of aromatic nitrogens is 3. The van der Waals surface area contributed by atoms with E-state index in [1.165, 1.54) is 5.38 Å². The third-order valence-electron chi connectivity index (χ3n) is 5.86. The molecular weight excluding hydrogens is 455 g/mol. The van der Waals surface area contributed by atoms with Gasteiger partial charge in [0.1, 0.15) is 11.4 Å². The number of nitrogens with zero attached hydrogens (tertiary/aromatic N) is 3. The van der Waals surface area contributed by atoms with Gasteiger partial charge in [0.05, 0.1) is 0 Å². The molecule has 11 heteroatoms. The zero-order valence-electron chi connectivity index (χ0n) is 17.8. The minimum Gasteiger partial charge on any atom is -0.351 e. The van der Waals surface area contributed by atoms with E-state index in [1.807, 2.05) is 6.07 Å². The van der Waals surface area contributed by atoms with Crippen LogP contribution in [0.5, 0.6) is 0 Å². The Labute approximate surface area is 192 Å². The molecule has 2 N–H and O–H groups in total. The lowest BCUT2D eigenvalue weighted by Crippen LogP contribution is -2.38. The number of aromatic amines is 1. The molecule has 0 unspecified atom stereocenters. The Balaban J connectivity index is 1.14. The first-order valence-electron chi connectivity index (χ1n) is 10.8. The van der Waals surface area contributed by atoms with Gasteiger partial charge in [0.25, 0.3) is 11.8 Å². The maximum absolute atomic E-state index is 12.7. The van der Waals surface area contributed by atoms with Crippen molar-refractivity contribution >= 4 is 34.1 Å². The van der Waals surface area contributed by atoms with Crippen molar-refractivity contribution in [3.63, 3.8) is 0 Å². The van der Waals surface area contributed by atoms with E-state index in [-0.39, 0.29) is 11.6 Å². The molecule has 0 spiro atoms. The number of piperidine rings is 1. The summed E-state index contributed by atoms with van der Waals surface area (Å²) >= 11 is 0.448. The van der Waals surface area contributed by atoms with Crippen molar-refractivity contribution in [2.75, 3.05) is 19.6 Å². The molecule has 1 aliphatic heterocycles. The second kappa shape index (κ2) is 9.90. The number of H-pyrrole nitrogens is 1. The average Bonchev–Trinajstić information content (AvgIpc) is 3.46. The number of rotatable bonds is 7. The number of halogens is 3. The van der Waals surface area contributed by atoms with E-state index in [0.29, 0.717) is 42.6 Å². The highest BCUT2D eigenvalue weighted by molar-refractivity contribution is 7.09. The van der Waals surface area contributed by atoms with Gasteiger partial charge in [-0.3, -0.25) is 14.6 Å². The third-order valence-corrected chi connectivity index (χ3v) is 6.75. The van der Waals surface area contributed by atoms with Gasteiger partial charge in [0.15, 0.2) is 5.01 Å². The van der Waals surface area contributed by atoms with E-state index < -0.39 is 17.1 Å². The van der Waals surface area contributed by atoms with Gasteiger partial charge in [-0.05, 0) is 37.3 Å². The van der Waals surface area contributed by atoms with Crippen LogP contribution in [0.15, 0.2) is 29.9 Å². The van der Waals surface area contributed by atoms with Crippen molar-refractivity contribution in [3.05, 3.63) is 46.3 Å². The predicted octanol–water partition coefficient (Wildman–Crippen LogP) is 4.49. The number of carbonyl (C=O) groups excluding carboxylic acids is 2. The summed E-state index contributed by atoms with van der Waals surface area (Å²) in [6.07, 6.45) is 3.28. The van der Waals surface area contributed by atoms with Gasteiger partial charge in [-0.1, -0.05) is 12.8 Å². The van der Waals surface area contributed by atoms with Gasteiger partial charge in [0.2, 0.25) is 0 Å².